The van der Waals surface area contributed by atoms with E-state index in [2.05, 4.69) is 0 Å². The summed E-state index contributed by atoms with van der Waals surface area (Å²) in [5.41, 5.74) is 0. The minimum absolute atomic E-state index is 0.282. The number of fused-ring (bicyclic) bond motifs is 2. The molecule has 0 amide bonds. The van der Waals surface area contributed by atoms with Crippen LogP contribution in [0.4, 0.5) is 0 Å². The molecule has 0 N–H and O–H groups in total. The van der Waals surface area contributed by atoms with Crippen molar-refractivity contribution in [3.8, 4) is 11.5 Å². The Morgan fingerprint density at radius 2 is 1.12 bits per heavy atom. The molecule has 0 heterocycles. The fourth-order valence-corrected chi connectivity index (χ4v) is 3.94. The Kier molecular flexibility index (Phi) is 9.66. The summed E-state index contributed by atoms with van der Waals surface area (Å²) < 4.78 is 22.3. The Morgan fingerprint density at radius 3 is 1.50 bits per heavy atom. The Labute approximate surface area is 209 Å². The lowest BCUT2D eigenvalue weighted by atomic mass is 10.0. The van der Waals surface area contributed by atoms with Crippen molar-refractivity contribution in [1.82, 2.24) is 0 Å². The lowest BCUT2D eigenvalue weighted by molar-refractivity contribution is -0.146. The van der Waals surface area contributed by atoms with Crippen LogP contribution in [0, 0.1) is 0 Å². The van der Waals surface area contributed by atoms with Crippen LogP contribution in [0.25, 0.3) is 21.5 Å². The van der Waals surface area contributed by atoms with E-state index in [9.17, 15) is 9.59 Å². The quantitative estimate of drug-likeness (QED) is 0.154. The maximum atomic E-state index is 12.2. The van der Waals surface area contributed by atoms with Gasteiger partial charge in [0.2, 0.25) is 0 Å². The molecule has 0 spiro atoms. The number of unbranched alkanes of at least 4 members (excludes halogenated alkanes) is 2. The fourth-order valence-electron chi connectivity index (χ4n) is 3.45. The lowest BCUT2D eigenvalue weighted by Crippen LogP contribution is -2.17. The van der Waals surface area contributed by atoms with E-state index in [0.717, 1.165) is 25.7 Å². The van der Waals surface area contributed by atoms with Crippen molar-refractivity contribution in [1.29, 1.82) is 0 Å². The maximum Gasteiger partial charge on any atom is 0.344 e. The first kappa shape index (κ1) is 25.9. The van der Waals surface area contributed by atoms with Crippen molar-refractivity contribution in [3.63, 3.8) is 0 Å². The molecule has 3 aromatic carbocycles. The second kappa shape index (κ2) is 12.7. The SMILES string of the molecule is CCCCOC(=O)COc1c2ccccc2c(OCC(=O)OCCCC)c2c(Cl)ccc(Cl)c12. The van der Waals surface area contributed by atoms with Crippen LogP contribution in [0.2, 0.25) is 10.0 Å². The van der Waals surface area contributed by atoms with Crippen LogP contribution in [0.5, 0.6) is 11.5 Å². The smallest absolute Gasteiger partial charge is 0.344 e. The van der Waals surface area contributed by atoms with E-state index in [1.165, 1.54) is 0 Å². The van der Waals surface area contributed by atoms with Gasteiger partial charge in [0.05, 0.1) is 23.3 Å². The van der Waals surface area contributed by atoms with Crippen LogP contribution < -0.4 is 9.47 Å². The third-order valence-corrected chi connectivity index (χ3v) is 5.79. The van der Waals surface area contributed by atoms with Gasteiger partial charge in [0, 0.05) is 21.5 Å². The third-order valence-electron chi connectivity index (χ3n) is 5.16. The number of carbonyl (C=O) groups is 2. The third kappa shape index (κ3) is 6.24. The van der Waals surface area contributed by atoms with Crippen LogP contribution >= 0.6 is 23.2 Å². The van der Waals surface area contributed by atoms with Crippen molar-refractivity contribution >= 4 is 56.7 Å². The molecule has 0 aromatic heterocycles. The number of benzene rings is 3. The van der Waals surface area contributed by atoms with Crippen LogP contribution in [0.3, 0.4) is 0 Å². The molecule has 182 valence electrons. The van der Waals surface area contributed by atoms with Crippen LogP contribution in [0.1, 0.15) is 39.5 Å². The van der Waals surface area contributed by atoms with Crippen molar-refractivity contribution in [2.45, 2.75) is 39.5 Å². The highest BCUT2D eigenvalue weighted by molar-refractivity contribution is 6.42. The average Bonchev–Trinajstić information content (AvgIpc) is 2.83. The number of esters is 2. The Morgan fingerprint density at radius 1 is 0.706 bits per heavy atom. The van der Waals surface area contributed by atoms with E-state index >= 15 is 0 Å². The zero-order chi connectivity index (χ0) is 24.5. The molecule has 0 aliphatic carbocycles. The molecule has 0 saturated heterocycles. The molecular formula is C26H28Cl2O6. The standard InChI is InChI=1S/C26H28Cl2O6/c1-3-5-13-31-21(29)15-33-25-17-9-7-8-10-18(17)26(34-16-22(30)32-14-6-4-2)24-20(28)12-11-19(27)23(24)25/h7-12H,3-6,13-16H2,1-2H3. The zero-order valence-electron chi connectivity index (χ0n) is 19.3. The molecule has 8 heteroatoms. The minimum Gasteiger partial charge on any atom is -0.481 e. The first-order valence-electron chi connectivity index (χ1n) is 11.4. The zero-order valence-corrected chi connectivity index (χ0v) is 20.8. The predicted molar refractivity (Wildman–Crippen MR) is 134 cm³/mol. The van der Waals surface area contributed by atoms with Gasteiger partial charge >= 0.3 is 11.9 Å². The van der Waals surface area contributed by atoms with Crippen molar-refractivity contribution in [2.75, 3.05) is 26.4 Å². The lowest BCUT2D eigenvalue weighted by Gasteiger charge is -2.19. The molecule has 3 rings (SSSR count). The molecular weight excluding hydrogens is 479 g/mol. The van der Waals surface area contributed by atoms with Crippen LogP contribution in [-0.4, -0.2) is 38.4 Å². The van der Waals surface area contributed by atoms with Gasteiger partial charge in [-0.3, -0.25) is 0 Å². The minimum atomic E-state index is -0.473. The highest BCUT2D eigenvalue weighted by Crippen LogP contribution is 2.48. The Bertz CT molecular complexity index is 1070. The molecule has 0 radical (unpaired) electrons. The van der Waals surface area contributed by atoms with E-state index in [4.69, 9.17) is 42.1 Å². The first-order chi connectivity index (χ1) is 16.5. The second-order valence-electron chi connectivity index (χ2n) is 7.71. The number of ether oxygens (including phenoxy) is 4. The van der Waals surface area contributed by atoms with Gasteiger partial charge in [-0.1, -0.05) is 74.2 Å². The van der Waals surface area contributed by atoms with Gasteiger partial charge in [-0.05, 0) is 25.0 Å². The summed E-state index contributed by atoms with van der Waals surface area (Å²) in [5, 5.41) is 3.04. The van der Waals surface area contributed by atoms with Crippen molar-refractivity contribution in [2.24, 2.45) is 0 Å². The number of rotatable bonds is 12. The van der Waals surface area contributed by atoms with E-state index in [1.54, 1.807) is 12.1 Å². The Hall–Kier alpha value is -2.70. The highest BCUT2D eigenvalue weighted by Gasteiger charge is 2.22. The second-order valence-corrected chi connectivity index (χ2v) is 8.52. The number of halogens is 2. The van der Waals surface area contributed by atoms with E-state index in [-0.39, 0.29) is 13.2 Å². The molecule has 0 unspecified atom stereocenters. The summed E-state index contributed by atoms with van der Waals surface area (Å²) in [6.45, 7) is 4.15. The van der Waals surface area contributed by atoms with Gasteiger partial charge in [0.25, 0.3) is 0 Å². The summed E-state index contributed by atoms with van der Waals surface area (Å²) >= 11 is 13.1. The van der Waals surface area contributed by atoms with Gasteiger partial charge in [0.15, 0.2) is 13.2 Å². The van der Waals surface area contributed by atoms with Crippen molar-refractivity contribution < 1.29 is 28.5 Å². The molecule has 0 saturated carbocycles. The molecule has 34 heavy (non-hydrogen) atoms. The summed E-state index contributed by atoms with van der Waals surface area (Å²) in [7, 11) is 0. The molecule has 0 atom stereocenters. The summed E-state index contributed by atoms with van der Waals surface area (Å²) in [6, 6.07) is 10.6. The van der Waals surface area contributed by atoms with Crippen LogP contribution in [-0.2, 0) is 19.1 Å². The largest absolute Gasteiger partial charge is 0.481 e. The highest BCUT2D eigenvalue weighted by atomic mass is 35.5. The summed E-state index contributed by atoms with van der Waals surface area (Å²) in [6.07, 6.45) is 3.41. The maximum absolute atomic E-state index is 12.2. The van der Waals surface area contributed by atoms with Gasteiger partial charge in [-0.25, -0.2) is 9.59 Å². The predicted octanol–water partition coefficient (Wildman–Crippen LogP) is 6.74. The van der Waals surface area contributed by atoms with E-state index < -0.39 is 11.9 Å². The summed E-state index contributed by atoms with van der Waals surface area (Å²) in [5.74, 6) is -0.162. The van der Waals surface area contributed by atoms with Gasteiger partial charge < -0.3 is 18.9 Å². The van der Waals surface area contributed by atoms with Crippen molar-refractivity contribution in [3.05, 3.63) is 46.4 Å². The monoisotopic (exact) mass is 506 g/mol. The molecule has 0 aliphatic rings. The first-order valence-corrected chi connectivity index (χ1v) is 12.1. The average molecular weight is 507 g/mol. The normalized spacial score (nSPS) is 10.9. The fraction of sp³-hybridized carbons (Fsp3) is 0.385. The van der Waals surface area contributed by atoms with E-state index in [0.29, 0.717) is 56.3 Å². The molecule has 0 aliphatic heterocycles. The summed E-state index contributed by atoms with van der Waals surface area (Å²) in [4.78, 5) is 24.4. The number of hydrogen-bond acceptors (Lipinski definition) is 6. The Balaban J connectivity index is 2.01. The number of hydrogen-bond donors (Lipinski definition) is 0. The van der Waals surface area contributed by atoms with Gasteiger partial charge in [-0.15, -0.1) is 0 Å². The molecule has 0 bridgehead atoms. The topological polar surface area (TPSA) is 71.1 Å². The van der Waals surface area contributed by atoms with Gasteiger partial charge in [0.1, 0.15) is 11.5 Å². The molecule has 6 nitrogen and oxygen atoms in total. The van der Waals surface area contributed by atoms with Gasteiger partial charge in [-0.2, -0.15) is 0 Å². The van der Waals surface area contributed by atoms with E-state index in [1.807, 2.05) is 38.1 Å². The molecule has 0 fully saturated rings. The van der Waals surface area contributed by atoms with Crippen LogP contribution in [0.15, 0.2) is 36.4 Å². The molecule has 3 aromatic rings. The number of carbonyl (C=O) groups excluding carboxylic acids is 2.